The summed E-state index contributed by atoms with van der Waals surface area (Å²) in [6.45, 7) is 9.28. The van der Waals surface area contributed by atoms with E-state index in [-0.39, 0.29) is 18.0 Å². The molecule has 2 aromatic heterocycles. The monoisotopic (exact) mass is 379 g/mol. The van der Waals surface area contributed by atoms with Crippen molar-refractivity contribution in [3.8, 4) is 5.95 Å². The van der Waals surface area contributed by atoms with Crippen LogP contribution in [0.25, 0.3) is 5.95 Å². The minimum atomic E-state index is -0.285. The molecule has 1 N–H and O–H groups in total. The quantitative estimate of drug-likeness (QED) is 0.739. The van der Waals surface area contributed by atoms with Gasteiger partial charge in [0.25, 0.3) is 5.56 Å². The highest BCUT2D eigenvalue weighted by molar-refractivity contribution is 5.91. The molecule has 28 heavy (non-hydrogen) atoms. The molecular weight excluding hydrogens is 354 g/mol. The molecule has 3 aromatic rings. The van der Waals surface area contributed by atoms with Crippen molar-refractivity contribution in [3.05, 3.63) is 68.9 Å². The summed E-state index contributed by atoms with van der Waals surface area (Å²) in [6, 6.07) is 9.44. The SMILES string of the molecule is CCc1c(C)nc(-n2nc(C)cc2C)n(CC(=O)Nc2ccccc2C)c1=O. The number of anilines is 1. The predicted molar refractivity (Wildman–Crippen MR) is 109 cm³/mol. The minimum Gasteiger partial charge on any atom is -0.324 e. The number of hydrogen-bond acceptors (Lipinski definition) is 4. The Balaban J connectivity index is 2.06. The summed E-state index contributed by atoms with van der Waals surface area (Å²) in [6.07, 6.45) is 0.550. The van der Waals surface area contributed by atoms with Crippen LogP contribution >= 0.6 is 0 Å². The Hall–Kier alpha value is -3.22. The van der Waals surface area contributed by atoms with Gasteiger partial charge in [-0.2, -0.15) is 5.10 Å². The zero-order chi connectivity index (χ0) is 20.4. The van der Waals surface area contributed by atoms with Crippen LogP contribution in [-0.4, -0.2) is 25.2 Å². The van der Waals surface area contributed by atoms with Gasteiger partial charge >= 0.3 is 0 Å². The maximum atomic E-state index is 13.1. The minimum absolute atomic E-state index is 0.138. The Morgan fingerprint density at radius 1 is 1.14 bits per heavy atom. The van der Waals surface area contributed by atoms with Crippen LogP contribution in [0.1, 0.15) is 35.1 Å². The number of carbonyl (C=O) groups excluding carboxylic acids is 1. The Labute approximate surface area is 164 Å². The van der Waals surface area contributed by atoms with Gasteiger partial charge in [-0.25, -0.2) is 9.67 Å². The number of para-hydroxylation sites is 1. The third-order valence-corrected chi connectivity index (χ3v) is 4.72. The van der Waals surface area contributed by atoms with Gasteiger partial charge in [-0.1, -0.05) is 25.1 Å². The lowest BCUT2D eigenvalue weighted by atomic mass is 10.2. The molecule has 0 atom stereocenters. The fourth-order valence-corrected chi connectivity index (χ4v) is 3.28. The first-order valence-corrected chi connectivity index (χ1v) is 9.31. The van der Waals surface area contributed by atoms with Crippen molar-refractivity contribution in [2.75, 3.05) is 5.32 Å². The van der Waals surface area contributed by atoms with Crippen molar-refractivity contribution >= 4 is 11.6 Å². The molecule has 1 amide bonds. The van der Waals surface area contributed by atoms with Crippen LogP contribution in [0.2, 0.25) is 0 Å². The molecule has 0 aliphatic carbocycles. The van der Waals surface area contributed by atoms with Gasteiger partial charge in [0.2, 0.25) is 11.9 Å². The molecule has 0 bridgehead atoms. The molecule has 146 valence electrons. The second kappa shape index (κ2) is 7.80. The van der Waals surface area contributed by atoms with E-state index in [4.69, 9.17) is 0 Å². The molecule has 1 aromatic carbocycles. The van der Waals surface area contributed by atoms with Gasteiger partial charge in [0, 0.05) is 16.9 Å². The Morgan fingerprint density at radius 3 is 2.46 bits per heavy atom. The average Bonchev–Trinajstić information content (AvgIpc) is 2.97. The highest BCUT2D eigenvalue weighted by atomic mass is 16.2. The lowest BCUT2D eigenvalue weighted by Gasteiger charge is -2.16. The van der Waals surface area contributed by atoms with E-state index in [0.717, 1.165) is 22.6 Å². The number of aromatic nitrogens is 4. The topological polar surface area (TPSA) is 81.8 Å². The second-order valence-corrected chi connectivity index (χ2v) is 6.92. The summed E-state index contributed by atoms with van der Waals surface area (Å²) >= 11 is 0. The van der Waals surface area contributed by atoms with Crippen molar-refractivity contribution in [1.29, 1.82) is 0 Å². The number of nitrogens with zero attached hydrogens (tertiary/aromatic N) is 4. The number of amides is 1. The van der Waals surface area contributed by atoms with E-state index in [2.05, 4.69) is 15.4 Å². The Bertz CT molecular complexity index is 1090. The molecule has 7 heteroatoms. The predicted octanol–water partition coefficient (Wildman–Crippen LogP) is 2.86. The number of hydrogen-bond donors (Lipinski definition) is 1. The summed E-state index contributed by atoms with van der Waals surface area (Å²) in [5.41, 5.74) is 4.40. The van der Waals surface area contributed by atoms with Crippen molar-refractivity contribution in [2.45, 2.75) is 47.6 Å². The van der Waals surface area contributed by atoms with E-state index in [1.54, 1.807) is 4.68 Å². The normalized spacial score (nSPS) is 10.9. The molecule has 7 nitrogen and oxygen atoms in total. The summed E-state index contributed by atoms with van der Waals surface area (Å²) in [5, 5.41) is 7.33. The van der Waals surface area contributed by atoms with E-state index in [0.29, 0.717) is 23.6 Å². The van der Waals surface area contributed by atoms with Gasteiger partial charge in [-0.15, -0.1) is 0 Å². The zero-order valence-electron chi connectivity index (χ0n) is 16.9. The van der Waals surface area contributed by atoms with Crippen LogP contribution in [-0.2, 0) is 17.8 Å². The first-order chi connectivity index (χ1) is 13.3. The summed E-state index contributed by atoms with van der Waals surface area (Å²) in [5.74, 6) is 0.0668. The smallest absolute Gasteiger partial charge is 0.258 e. The summed E-state index contributed by atoms with van der Waals surface area (Å²) in [4.78, 5) is 30.4. The molecule has 0 saturated carbocycles. The van der Waals surface area contributed by atoms with Crippen molar-refractivity contribution in [1.82, 2.24) is 19.3 Å². The lowest BCUT2D eigenvalue weighted by molar-refractivity contribution is -0.116. The molecule has 0 aliphatic rings. The highest BCUT2D eigenvalue weighted by Crippen LogP contribution is 2.15. The van der Waals surface area contributed by atoms with Crippen LogP contribution in [0.4, 0.5) is 5.69 Å². The number of nitrogens with one attached hydrogen (secondary N) is 1. The van der Waals surface area contributed by atoms with Gasteiger partial charge in [0.15, 0.2) is 0 Å². The van der Waals surface area contributed by atoms with E-state index >= 15 is 0 Å². The molecule has 0 spiro atoms. The molecule has 0 unspecified atom stereocenters. The zero-order valence-corrected chi connectivity index (χ0v) is 16.9. The summed E-state index contributed by atoms with van der Waals surface area (Å²) in [7, 11) is 0. The van der Waals surface area contributed by atoms with E-state index in [1.807, 2.05) is 65.0 Å². The van der Waals surface area contributed by atoms with Crippen molar-refractivity contribution in [2.24, 2.45) is 0 Å². The van der Waals surface area contributed by atoms with Crippen LogP contribution < -0.4 is 10.9 Å². The molecule has 0 fully saturated rings. The third kappa shape index (κ3) is 3.74. The standard InChI is InChI=1S/C21H25N5O2/c1-6-17-16(5)22-21(26-15(4)11-14(3)24-26)25(20(17)28)12-19(27)23-18-10-8-7-9-13(18)2/h7-11H,6,12H2,1-5H3,(H,23,27). The molecule has 0 radical (unpaired) electrons. The highest BCUT2D eigenvalue weighted by Gasteiger charge is 2.19. The fourth-order valence-electron chi connectivity index (χ4n) is 3.28. The molecular formula is C21H25N5O2. The first-order valence-electron chi connectivity index (χ1n) is 9.31. The molecule has 2 heterocycles. The van der Waals surface area contributed by atoms with E-state index in [9.17, 15) is 9.59 Å². The van der Waals surface area contributed by atoms with Crippen LogP contribution in [0.15, 0.2) is 35.1 Å². The van der Waals surface area contributed by atoms with Crippen molar-refractivity contribution in [3.63, 3.8) is 0 Å². The maximum absolute atomic E-state index is 13.1. The van der Waals surface area contributed by atoms with E-state index < -0.39 is 0 Å². The van der Waals surface area contributed by atoms with Crippen LogP contribution in [0.5, 0.6) is 0 Å². The van der Waals surface area contributed by atoms with Crippen LogP contribution in [0, 0.1) is 27.7 Å². The molecule has 3 rings (SSSR count). The first kappa shape index (κ1) is 19.5. The van der Waals surface area contributed by atoms with Gasteiger partial charge in [0.1, 0.15) is 6.54 Å². The number of benzene rings is 1. The summed E-state index contributed by atoms with van der Waals surface area (Å²) < 4.78 is 3.02. The number of carbonyl (C=O) groups is 1. The van der Waals surface area contributed by atoms with Gasteiger partial charge in [0.05, 0.1) is 11.4 Å². The maximum Gasteiger partial charge on any atom is 0.258 e. The van der Waals surface area contributed by atoms with Gasteiger partial charge in [-0.05, 0) is 51.8 Å². The second-order valence-electron chi connectivity index (χ2n) is 6.92. The molecule has 0 aliphatic heterocycles. The van der Waals surface area contributed by atoms with Gasteiger partial charge in [-0.3, -0.25) is 14.2 Å². The Morgan fingerprint density at radius 2 is 1.86 bits per heavy atom. The largest absolute Gasteiger partial charge is 0.324 e. The number of rotatable bonds is 5. The van der Waals surface area contributed by atoms with Gasteiger partial charge < -0.3 is 5.32 Å². The molecule has 0 saturated heterocycles. The van der Waals surface area contributed by atoms with Crippen LogP contribution in [0.3, 0.4) is 0 Å². The average molecular weight is 379 g/mol. The number of aryl methyl sites for hydroxylation is 4. The third-order valence-electron chi connectivity index (χ3n) is 4.72. The lowest BCUT2D eigenvalue weighted by Crippen LogP contribution is -2.34. The van der Waals surface area contributed by atoms with E-state index in [1.165, 1.54) is 4.57 Å². The Kier molecular flexibility index (Phi) is 5.44. The van der Waals surface area contributed by atoms with Crippen molar-refractivity contribution < 1.29 is 4.79 Å². The fraction of sp³-hybridized carbons (Fsp3) is 0.333.